The van der Waals surface area contributed by atoms with Crippen molar-refractivity contribution in [3.8, 4) is 11.1 Å². The molecule has 1 unspecified atom stereocenters. The van der Waals surface area contributed by atoms with Gasteiger partial charge in [0.25, 0.3) is 10.0 Å². The molecular formula is C29H32N2O3S2. The zero-order chi connectivity index (χ0) is 25.7. The van der Waals surface area contributed by atoms with E-state index in [1.54, 1.807) is 12.1 Å². The molecule has 3 aromatic carbocycles. The Kier molecular flexibility index (Phi) is 6.53. The average molecular weight is 521 g/mol. The van der Waals surface area contributed by atoms with Crippen molar-refractivity contribution >= 4 is 32.3 Å². The Hall–Kier alpha value is -2.58. The Morgan fingerprint density at radius 3 is 2.33 bits per heavy atom. The zero-order valence-corrected chi connectivity index (χ0v) is 22.7. The number of hydrogen-bond donors (Lipinski definition) is 1. The second-order valence-electron chi connectivity index (χ2n) is 10.5. The van der Waals surface area contributed by atoms with Gasteiger partial charge in [-0.25, -0.2) is 12.4 Å². The van der Waals surface area contributed by atoms with Gasteiger partial charge in [0.15, 0.2) is 0 Å². The maximum atomic E-state index is 14.0. The minimum Gasteiger partial charge on any atom is -0.598 e. The van der Waals surface area contributed by atoms with Gasteiger partial charge in [0.2, 0.25) is 0 Å². The molecule has 0 saturated heterocycles. The predicted molar refractivity (Wildman–Crippen MR) is 148 cm³/mol. The van der Waals surface area contributed by atoms with Crippen LogP contribution < -0.4 is 4.72 Å². The number of nitrogens with one attached hydrogen (secondary N) is 1. The van der Waals surface area contributed by atoms with Crippen molar-refractivity contribution in [3.05, 3.63) is 89.6 Å². The summed E-state index contributed by atoms with van der Waals surface area (Å²) in [6, 6.07) is 22.9. The first kappa shape index (κ1) is 25.1. The highest BCUT2D eigenvalue weighted by molar-refractivity contribution is 7.91. The lowest BCUT2D eigenvalue weighted by Gasteiger charge is -2.30. The second kappa shape index (κ2) is 9.38. The highest BCUT2D eigenvalue weighted by Gasteiger charge is 2.37. The molecule has 1 aliphatic carbocycles. The van der Waals surface area contributed by atoms with Crippen LogP contribution in [0.5, 0.6) is 0 Å². The molecule has 0 radical (unpaired) electrons. The summed E-state index contributed by atoms with van der Waals surface area (Å²) in [4.78, 5) is 0.272. The lowest BCUT2D eigenvalue weighted by Crippen LogP contribution is -2.42. The molecule has 2 atom stereocenters. The number of benzene rings is 3. The van der Waals surface area contributed by atoms with Crippen molar-refractivity contribution in [3.63, 3.8) is 0 Å². The van der Waals surface area contributed by atoms with E-state index in [0.717, 1.165) is 46.2 Å². The Bertz CT molecular complexity index is 1500. The Morgan fingerprint density at radius 2 is 1.67 bits per heavy atom. The number of aryl methyl sites for hydroxylation is 1. The SMILES string of the molecule is Cc1ccc(S(=O)(=O)n2c3c(c4cc(-c5ccccc5)ccc42)[C@@H](N[S+]([O-])C(C)(C)C)CCC3)cc1. The summed E-state index contributed by atoms with van der Waals surface area (Å²) in [6.07, 6.45) is 2.27. The maximum Gasteiger partial charge on any atom is 0.268 e. The molecule has 5 nitrogen and oxygen atoms in total. The Balaban J connectivity index is 1.75. The minimum atomic E-state index is -3.83. The largest absolute Gasteiger partial charge is 0.598 e. The molecular weight excluding hydrogens is 488 g/mol. The van der Waals surface area contributed by atoms with E-state index in [0.29, 0.717) is 11.9 Å². The second-order valence-corrected chi connectivity index (χ2v) is 14.3. The van der Waals surface area contributed by atoms with E-state index in [2.05, 4.69) is 22.9 Å². The summed E-state index contributed by atoms with van der Waals surface area (Å²) in [5.74, 6) is 0. The third-order valence-corrected chi connectivity index (χ3v) is 10.2. The minimum absolute atomic E-state index is 0.197. The third kappa shape index (κ3) is 4.50. The molecule has 0 spiro atoms. The van der Waals surface area contributed by atoms with Crippen LogP contribution in [0.1, 0.15) is 56.5 Å². The van der Waals surface area contributed by atoms with E-state index in [1.165, 1.54) is 3.97 Å². The first-order chi connectivity index (χ1) is 17.1. The molecule has 5 rings (SSSR count). The fourth-order valence-corrected chi connectivity index (χ4v) is 7.34. The monoisotopic (exact) mass is 520 g/mol. The molecule has 1 aliphatic rings. The average Bonchev–Trinajstić information content (AvgIpc) is 3.19. The topological polar surface area (TPSA) is 74.2 Å². The predicted octanol–water partition coefficient (Wildman–Crippen LogP) is 6.28. The molecule has 1 aromatic heterocycles. The molecule has 0 amide bonds. The molecule has 7 heteroatoms. The van der Waals surface area contributed by atoms with E-state index in [1.807, 2.05) is 70.2 Å². The van der Waals surface area contributed by atoms with Crippen molar-refractivity contribution in [1.29, 1.82) is 0 Å². The normalized spacial score (nSPS) is 17.2. The lowest BCUT2D eigenvalue weighted by molar-refractivity contribution is 0.488. The molecule has 0 saturated carbocycles. The maximum absolute atomic E-state index is 14.0. The molecule has 188 valence electrons. The van der Waals surface area contributed by atoms with Gasteiger partial charge in [-0.2, -0.15) is 0 Å². The molecule has 4 aromatic rings. The van der Waals surface area contributed by atoms with E-state index in [9.17, 15) is 13.0 Å². The van der Waals surface area contributed by atoms with Crippen LogP contribution in [-0.4, -0.2) is 21.7 Å². The molecule has 0 fully saturated rings. The van der Waals surface area contributed by atoms with Crippen LogP contribution in [0.2, 0.25) is 0 Å². The van der Waals surface area contributed by atoms with Crippen molar-refractivity contribution < 1.29 is 13.0 Å². The van der Waals surface area contributed by atoms with E-state index in [4.69, 9.17) is 0 Å². The van der Waals surface area contributed by atoms with Gasteiger partial charge in [0.05, 0.1) is 16.5 Å². The highest BCUT2D eigenvalue weighted by Crippen LogP contribution is 2.42. The molecule has 1 N–H and O–H groups in total. The van der Waals surface area contributed by atoms with Crippen LogP contribution in [0.3, 0.4) is 0 Å². The van der Waals surface area contributed by atoms with Gasteiger partial charge in [-0.05, 0) is 82.3 Å². The summed E-state index contributed by atoms with van der Waals surface area (Å²) >= 11 is -1.29. The Morgan fingerprint density at radius 1 is 0.972 bits per heavy atom. The van der Waals surface area contributed by atoms with Gasteiger partial charge >= 0.3 is 0 Å². The fourth-order valence-electron chi connectivity index (χ4n) is 4.91. The number of fused-ring (bicyclic) bond motifs is 3. The smallest absolute Gasteiger partial charge is 0.268 e. The number of aromatic nitrogens is 1. The summed E-state index contributed by atoms with van der Waals surface area (Å²) in [6.45, 7) is 7.77. The molecule has 36 heavy (non-hydrogen) atoms. The van der Waals surface area contributed by atoms with Crippen molar-refractivity contribution in [2.75, 3.05) is 0 Å². The van der Waals surface area contributed by atoms with E-state index >= 15 is 0 Å². The van der Waals surface area contributed by atoms with Gasteiger partial charge in [-0.1, -0.05) is 54.1 Å². The quantitative estimate of drug-likeness (QED) is 0.314. The standard InChI is InChI=1S/C29H32N2O3S2/c1-20-13-16-23(17-14-20)36(33,34)31-26-18-15-22(21-9-6-5-7-10-21)19-24(26)28-25(11-8-12-27(28)31)30-35(32)29(2,3)4/h5-7,9-10,13-19,25,30H,8,11-12H2,1-4H3/t25-,35?/m0/s1. The van der Waals surface area contributed by atoms with Crippen LogP contribution in [0, 0.1) is 6.92 Å². The molecule has 0 bridgehead atoms. The van der Waals surface area contributed by atoms with Crippen LogP contribution in [-0.2, 0) is 27.8 Å². The van der Waals surface area contributed by atoms with Crippen LogP contribution in [0.25, 0.3) is 22.0 Å². The van der Waals surface area contributed by atoms with E-state index in [-0.39, 0.29) is 10.9 Å². The molecule has 1 heterocycles. The van der Waals surface area contributed by atoms with Crippen LogP contribution in [0.15, 0.2) is 77.7 Å². The van der Waals surface area contributed by atoms with Gasteiger partial charge in [-0.3, -0.25) is 0 Å². The molecule has 0 aliphatic heterocycles. The summed E-state index contributed by atoms with van der Waals surface area (Å²) in [5, 5.41) is 0.894. The van der Waals surface area contributed by atoms with Crippen molar-refractivity contribution in [2.45, 2.75) is 62.6 Å². The third-order valence-electron chi connectivity index (χ3n) is 6.79. The number of hydrogen-bond acceptors (Lipinski definition) is 4. The van der Waals surface area contributed by atoms with E-state index < -0.39 is 26.1 Å². The zero-order valence-electron chi connectivity index (χ0n) is 21.1. The summed E-state index contributed by atoms with van der Waals surface area (Å²) < 4.78 is 45.6. The Labute approximate surface area is 216 Å². The first-order valence-electron chi connectivity index (χ1n) is 12.3. The summed E-state index contributed by atoms with van der Waals surface area (Å²) in [7, 11) is -3.83. The lowest BCUT2D eigenvalue weighted by atomic mass is 9.90. The van der Waals surface area contributed by atoms with Crippen molar-refractivity contribution in [1.82, 2.24) is 8.69 Å². The first-order valence-corrected chi connectivity index (χ1v) is 14.9. The van der Waals surface area contributed by atoms with Crippen LogP contribution >= 0.6 is 0 Å². The number of nitrogens with zero attached hydrogens (tertiary/aromatic N) is 1. The van der Waals surface area contributed by atoms with Gasteiger partial charge in [-0.15, -0.1) is 4.72 Å². The summed E-state index contributed by atoms with van der Waals surface area (Å²) in [5.41, 5.74) is 5.50. The van der Waals surface area contributed by atoms with Crippen molar-refractivity contribution in [2.24, 2.45) is 0 Å². The number of rotatable bonds is 5. The van der Waals surface area contributed by atoms with Gasteiger partial charge < -0.3 is 4.55 Å². The fraction of sp³-hybridized carbons (Fsp3) is 0.310. The van der Waals surface area contributed by atoms with Crippen LogP contribution in [0.4, 0.5) is 0 Å². The van der Waals surface area contributed by atoms with Gasteiger partial charge in [0.1, 0.15) is 4.75 Å². The highest BCUT2D eigenvalue weighted by atomic mass is 32.2. The van der Waals surface area contributed by atoms with Gasteiger partial charge in [0, 0.05) is 28.0 Å².